The van der Waals surface area contributed by atoms with Crippen LogP contribution in [0.25, 0.3) is 0 Å². The lowest BCUT2D eigenvalue weighted by Gasteiger charge is -2.07. The predicted molar refractivity (Wildman–Crippen MR) is 44.7 cm³/mol. The van der Waals surface area contributed by atoms with E-state index < -0.39 is 0 Å². The molecule has 1 atom stereocenters. The zero-order valence-electron chi connectivity index (χ0n) is 7.56. The minimum Gasteiger partial charge on any atom is -0.300 e. The zero-order chi connectivity index (χ0) is 9.84. The third-order valence-corrected chi connectivity index (χ3v) is 1.64. The molecule has 5 heteroatoms. The van der Waals surface area contributed by atoms with Crippen molar-refractivity contribution in [3.8, 4) is 6.07 Å². The number of carbonyl (C=O) groups is 1. The van der Waals surface area contributed by atoms with Gasteiger partial charge in [-0.3, -0.25) is 4.79 Å². The molecule has 1 unspecified atom stereocenters. The van der Waals surface area contributed by atoms with Gasteiger partial charge in [0, 0.05) is 6.42 Å². The fourth-order valence-electron chi connectivity index (χ4n) is 1.05. The van der Waals surface area contributed by atoms with Crippen molar-refractivity contribution in [2.45, 2.75) is 26.3 Å². The van der Waals surface area contributed by atoms with E-state index in [-0.39, 0.29) is 17.6 Å². The summed E-state index contributed by atoms with van der Waals surface area (Å²) in [6.45, 7) is 3.38. The summed E-state index contributed by atoms with van der Waals surface area (Å²) in [6, 6.07) is 1.79. The van der Waals surface area contributed by atoms with Crippen LogP contribution >= 0.6 is 0 Å². The normalized spacial score (nSPS) is 12.1. The van der Waals surface area contributed by atoms with Crippen LogP contribution in [0.4, 0.5) is 0 Å². The summed E-state index contributed by atoms with van der Waals surface area (Å²) in [5.41, 5.74) is 0. The molecule has 5 nitrogen and oxygen atoms in total. The van der Waals surface area contributed by atoms with Crippen molar-refractivity contribution in [2.75, 3.05) is 0 Å². The highest BCUT2D eigenvalue weighted by Gasteiger charge is 2.09. The van der Waals surface area contributed by atoms with Gasteiger partial charge in [0.15, 0.2) is 0 Å². The topological polar surface area (TPSA) is 71.6 Å². The fourth-order valence-corrected chi connectivity index (χ4v) is 1.05. The van der Waals surface area contributed by atoms with E-state index in [1.165, 1.54) is 17.9 Å². The number of ketones is 1. The van der Waals surface area contributed by atoms with E-state index in [9.17, 15) is 4.79 Å². The summed E-state index contributed by atoms with van der Waals surface area (Å²) in [4.78, 5) is 14.5. The Kier molecular flexibility index (Phi) is 2.75. The van der Waals surface area contributed by atoms with Crippen LogP contribution in [0.15, 0.2) is 6.33 Å². The molecule has 0 aliphatic rings. The molecule has 0 saturated carbocycles. The van der Waals surface area contributed by atoms with Crippen LogP contribution in [0.1, 0.15) is 32.1 Å². The van der Waals surface area contributed by atoms with Crippen molar-refractivity contribution < 1.29 is 4.79 Å². The zero-order valence-corrected chi connectivity index (χ0v) is 7.56. The van der Waals surface area contributed by atoms with E-state index in [1.54, 1.807) is 0 Å². The molecule has 1 heterocycles. The molecule has 0 saturated heterocycles. The number of hydrogen-bond acceptors (Lipinski definition) is 4. The minimum absolute atomic E-state index is 0.0351. The first kappa shape index (κ1) is 9.39. The van der Waals surface area contributed by atoms with Gasteiger partial charge in [-0.2, -0.15) is 5.26 Å². The van der Waals surface area contributed by atoms with Gasteiger partial charge in [-0.15, -0.1) is 5.10 Å². The summed E-state index contributed by atoms with van der Waals surface area (Å²) >= 11 is 0. The van der Waals surface area contributed by atoms with Crippen LogP contribution in [0.3, 0.4) is 0 Å². The maximum Gasteiger partial charge on any atom is 0.252 e. The fraction of sp³-hybridized carbons (Fsp3) is 0.500. The van der Waals surface area contributed by atoms with Gasteiger partial charge in [0.05, 0.1) is 6.04 Å². The first-order valence-electron chi connectivity index (χ1n) is 3.94. The van der Waals surface area contributed by atoms with E-state index in [0.29, 0.717) is 6.42 Å². The van der Waals surface area contributed by atoms with Crippen molar-refractivity contribution in [3.63, 3.8) is 0 Å². The second-order valence-corrected chi connectivity index (χ2v) is 2.92. The molecule has 1 aromatic heterocycles. The highest BCUT2D eigenvalue weighted by Crippen LogP contribution is 2.08. The van der Waals surface area contributed by atoms with Crippen LogP contribution in [0.2, 0.25) is 0 Å². The number of Topliss-reactive ketones (excluding diaryl/α,β-unsaturated/α-hetero) is 1. The number of nitriles is 1. The third kappa shape index (κ3) is 2.37. The Morgan fingerprint density at radius 2 is 2.54 bits per heavy atom. The van der Waals surface area contributed by atoms with E-state index in [0.717, 1.165) is 0 Å². The Bertz CT molecular complexity index is 349. The Morgan fingerprint density at radius 1 is 1.85 bits per heavy atom. The van der Waals surface area contributed by atoms with E-state index >= 15 is 0 Å². The van der Waals surface area contributed by atoms with Gasteiger partial charge in [-0.1, -0.05) is 0 Å². The van der Waals surface area contributed by atoms with Crippen LogP contribution in [0.5, 0.6) is 0 Å². The molecule has 0 fully saturated rings. The van der Waals surface area contributed by atoms with Gasteiger partial charge < -0.3 is 0 Å². The number of nitrogens with zero attached hydrogens (tertiary/aromatic N) is 4. The second kappa shape index (κ2) is 3.81. The Balaban J connectivity index is 2.72. The molecule has 1 rings (SSSR count). The molecule has 0 aliphatic heterocycles. The number of rotatable bonds is 3. The maximum absolute atomic E-state index is 10.8. The quantitative estimate of drug-likeness (QED) is 0.682. The largest absolute Gasteiger partial charge is 0.300 e. The second-order valence-electron chi connectivity index (χ2n) is 2.92. The SMILES string of the molecule is CC(=O)CC(C)n1cnc(C#N)n1. The summed E-state index contributed by atoms with van der Waals surface area (Å²) in [5.74, 6) is 0.233. The lowest BCUT2D eigenvalue weighted by atomic mass is 10.2. The maximum atomic E-state index is 10.8. The van der Waals surface area contributed by atoms with Gasteiger partial charge >= 0.3 is 0 Å². The van der Waals surface area contributed by atoms with Crippen molar-refractivity contribution in [3.05, 3.63) is 12.2 Å². The minimum atomic E-state index is -0.0351. The Hall–Kier alpha value is -1.70. The molecule has 0 amide bonds. The lowest BCUT2D eigenvalue weighted by molar-refractivity contribution is -0.117. The van der Waals surface area contributed by atoms with E-state index in [1.807, 2.05) is 13.0 Å². The van der Waals surface area contributed by atoms with E-state index in [2.05, 4.69) is 10.1 Å². The van der Waals surface area contributed by atoms with Crippen LogP contribution in [-0.2, 0) is 4.79 Å². The molecular formula is C8H10N4O. The standard InChI is InChI=1S/C8H10N4O/c1-6(3-7(2)13)12-5-10-8(4-9)11-12/h5-6H,3H2,1-2H3. The van der Waals surface area contributed by atoms with Crippen molar-refractivity contribution in [2.24, 2.45) is 0 Å². The third-order valence-electron chi connectivity index (χ3n) is 1.64. The molecule has 0 radical (unpaired) electrons. The lowest BCUT2D eigenvalue weighted by Crippen LogP contribution is -2.09. The van der Waals surface area contributed by atoms with Crippen LogP contribution in [-0.4, -0.2) is 20.5 Å². The average Bonchev–Trinajstić information content (AvgIpc) is 2.50. The number of carbonyl (C=O) groups excluding carboxylic acids is 1. The van der Waals surface area contributed by atoms with Gasteiger partial charge in [0.1, 0.15) is 18.2 Å². The molecule has 0 aromatic carbocycles. The average molecular weight is 178 g/mol. The van der Waals surface area contributed by atoms with Crippen LogP contribution in [0, 0.1) is 11.3 Å². The number of hydrogen-bond donors (Lipinski definition) is 0. The van der Waals surface area contributed by atoms with Crippen molar-refractivity contribution >= 4 is 5.78 Å². The molecule has 0 aliphatic carbocycles. The number of aromatic nitrogens is 3. The van der Waals surface area contributed by atoms with E-state index in [4.69, 9.17) is 5.26 Å². The molecule has 68 valence electrons. The molecule has 0 spiro atoms. The summed E-state index contributed by atoms with van der Waals surface area (Å²) in [6.07, 6.45) is 1.88. The summed E-state index contributed by atoms with van der Waals surface area (Å²) < 4.78 is 1.53. The monoisotopic (exact) mass is 178 g/mol. The molecule has 13 heavy (non-hydrogen) atoms. The van der Waals surface area contributed by atoms with Gasteiger partial charge in [-0.05, 0) is 13.8 Å². The van der Waals surface area contributed by atoms with Gasteiger partial charge in [0.2, 0.25) is 0 Å². The first-order valence-corrected chi connectivity index (χ1v) is 3.94. The first-order chi connectivity index (χ1) is 6.13. The molecular weight excluding hydrogens is 168 g/mol. The smallest absolute Gasteiger partial charge is 0.252 e. The van der Waals surface area contributed by atoms with Gasteiger partial charge in [0.25, 0.3) is 5.82 Å². The Labute approximate surface area is 76.0 Å². The molecule has 0 bridgehead atoms. The predicted octanol–water partition coefficient (Wildman–Crippen LogP) is 0.690. The summed E-state index contributed by atoms with van der Waals surface area (Å²) in [5, 5.41) is 12.3. The van der Waals surface area contributed by atoms with Crippen molar-refractivity contribution in [1.29, 1.82) is 5.26 Å². The molecule has 1 aromatic rings. The summed E-state index contributed by atoms with van der Waals surface area (Å²) in [7, 11) is 0. The van der Waals surface area contributed by atoms with Crippen molar-refractivity contribution in [1.82, 2.24) is 14.8 Å². The highest BCUT2D eigenvalue weighted by atomic mass is 16.1. The molecule has 0 N–H and O–H groups in total. The van der Waals surface area contributed by atoms with Crippen LogP contribution < -0.4 is 0 Å². The van der Waals surface area contributed by atoms with Gasteiger partial charge in [-0.25, -0.2) is 9.67 Å². The Morgan fingerprint density at radius 3 is 3.00 bits per heavy atom. The highest BCUT2D eigenvalue weighted by molar-refractivity contribution is 5.75.